The summed E-state index contributed by atoms with van der Waals surface area (Å²) in [5, 5.41) is 0. The Morgan fingerprint density at radius 3 is 2.47 bits per heavy atom. The molecule has 90 valence electrons. The van der Waals surface area contributed by atoms with Crippen LogP contribution in [0.25, 0.3) is 0 Å². The molecule has 0 aromatic carbocycles. The molecule has 0 saturated carbocycles. The minimum atomic E-state index is -0.153. The van der Waals surface area contributed by atoms with E-state index in [9.17, 15) is 4.79 Å². The van der Waals surface area contributed by atoms with Gasteiger partial charge in [0.05, 0.1) is 13.5 Å². The van der Waals surface area contributed by atoms with Gasteiger partial charge in [-0.25, -0.2) is 0 Å². The van der Waals surface area contributed by atoms with Gasteiger partial charge >= 0.3 is 5.97 Å². The molecule has 0 fully saturated rings. The first kappa shape index (κ1) is 14.4. The summed E-state index contributed by atoms with van der Waals surface area (Å²) in [4.78, 5) is 13.0. The van der Waals surface area contributed by atoms with Gasteiger partial charge in [-0.3, -0.25) is 4.79 Å². The lowest BCUT2D eigenvalue weighted by Gasteiger charge is -2.25. The number of ether oxygens (including phenoxy) is 1. The molecule has 0 aliphatic rings. The molecule has 0 aromatic rings. The number of carbonyl (C=O) groups excluding carboxylic acids is 1. The maximum atomic E-state index is 10.9. The summed E-state index contributed by atoms with van der Waals surface area (Å²) in [5.74, 6) is -0.153. The quantitative estimate of drug-likeness (QED) is 0.641. The smallest absolute Gasteiger partial charge is 0.306 e. The van der Waals surface area contributed by atoms with E-state index < -0.39 is 0 Å². The van der Waals surface area contributed by atoms with E-state index in [-0.39, 0.29) is 11.4 Å². The van der Waals surface area contributed by atoms with Gasteiger partial charge in [0.1, 0.15) is 0 Å². The van der Waals surface area contributed by atoms with Gasteiger partial charge in [0, 0.05) is 6.54 Å². The van der Waals surface area contributed by atoms with Crippen molar-refractivity contribution in [1.29, 1.82) is 0 Å². The van der Waals surface area contributed by atoms with Crippen molar-refractivity contribution in [2.45, 2.75) is 26.7 Å². The average molecular weight is 216 g/mol. The summed E-state index contributed by atoms with van der Waals surface area (Å²) in [6.07, 6.45) is 1.50. The number of esters is 1. The zero-order valence-electron chi connectivity index (χ0n) is 10.4. The van der Waals surface area contributed by atoms with Crippen LogP contribution in [0.2, 0.25) is 0 Å². The number of rotatable bonds is 7. The fourth-order valence-electron chi connectivity index (χ4n) is 1.09. The molecule has 2 N–H and O–H groups in total. The fraction of sp³-hybridized carbons (Fsp3) is 0.909. The number of nitrogens with two attached hydrogens (primary N) is 1. The van der Waals surface area contributed by atoms with Crippen LogP contribution in [0.3, 0.4) is 0 Å². The summed E-state index contributed by atoms with van der Waals surface area (Å²) in [7, 11) is 3.43. The van der Waals surface area contributed by atoms with Crippen LogP contribution in [0.5, 0.6) is 0 Å². The molecule has 0 spiro atoms. The van der Waals surface area contributed by atoms with E-state index in [2.05, 4.69) is 23.5 Å². The highest BCUT2D eigenvalue weighted by atomic mass is 16.5. The zero-order valence-corrected chi connectivity index (χ0v) is 10.4. The van der Waals surface area contributed by atoms with Crippen LogP contribution < -0.4 is 5.73 Å². The van der Waals surface area contributed by atoms with Crippen LogP contribution in [0.15, 0.2) is 0 Å². The zero-order chi connectivity index (χ0) is 11.9. The fourth-order valence-corrected chi connectivity index (χ4v) is 1.09. The second kappa shape index (κ2) is 6.80. The third kappa shape index (κ3) is 7.33. The summed E-state index contributed by atoms with van der Waals surface area (Å²) in [6, 6.07) is 0. The van der Waals surface area contributed by atoms with E-state index in [1.807, 2.05) is 7.05 Å². The van der Waals surface area contributed by atoms with Crippen LogP contribution in [0, 0.1) is 5.41 Å². The monoisotopic (exact) mass is 216 g/mol. The van der Waals surface area contributed by atoms with Crippen LogP contribution >= 0.6 is 0 Å². The molecule has 0 atom stereocenters. The van der Waals surface area contributed by atoms with Crippen molar-refractivity contribution in [3.63, 3.8) is 0 Å². The van der Waals surface area contributed by atoms with Gasteiger partial charge in [-0.2, -0.15) is 0 Å². The molecule has 15 heavy (non-hydrogen) atoms. The molecule has 0 heterocycles. The SMILES string of the molecule is COC(=O)CCN(C)CCC(C)(C)CN. The summed E-state index contributed by atoms with van der Waals surface area (Å²) in [6.45, 7) is 6.70. The highest BCUT2D eigenvalue weighted by Gasteiger charge is 2.16. The Kier molecular flexibility index (Phi) is 6.52. The Morgan fingerprint density at radius 2 is 2.00 bits per heavy atom. The normalized spacial score (nSPS) is 11.9. The third-order valence-corrected chi connectivity index (χ3v) is 2.65. The van der Waals surface area contributed by atoms with Crippen LogP contribution in [0.4, 0.5) is 0 Å². The molecular formula is C11H24N2O2. The Morgan fingerprint density at radius 1 is 1.40 bits per heavy atom. The van der Waals surface area contributed by atoms with Crippen molar-refractivity contribution in [3.05, 3.63) is 0 Å². The molecule has 0 aliphatic carbocycles. The van der Waals surface area contributed by atoms with Gasteiger partial charge in [-0.05, 0) is 32.0 Å². The van der Waals surface area contributed by atoms with Crippen LogP contribution in [0.1, 0.15) is 26.7 Å². The molecule has 0 aliphatic heterocycles. The number of hydrogen-bond donors (Lipinski definition) is 1. The number of nitrogens with zero attached hydrogens (tertiary/aromatic N) is 1. The molecule has 0 rings (SSSR count). The highest BCUT2D eigenvalue weighted by Crippen LogP contribution is 2.17. The number of carbonyl (C=O) groups is 1. The van der Waals surface area contributed by atoms with E-state index in [4.69, 9.17) is 5.73 Å². The average Bonchev–Trinajstić information content (AvgIpc) is 2.23. The second-order valence-electron chi connectivity index (χ2n) is 4.75. The molecular weight excluding hydrogens is 192 g/mol. The predicted molar refractivity (Wildman–Crippen MR) is 61.6 cm³/mol. The summed E-state index contributed by atoms with van der Waals surface area (Å²) >= 11 is 0. The number of methoxy groups -OCH3 is 1. The third-order valence-electron chi connectivity index (χ3n) is 2.65. The van der Waals surface area contributed by atoms with Gasteiger partial charge < -0.3 is 15.4 Å². The van der Waals surface area contributed by atoms with Crippen molar-refractivity contribution in [2.24, 2.45) is 11.1 Å². The molecule has 0 radical (unpaired) electrons. The van der Waals surface area contributed by atoms with E-state index in [1.54, 1.807) is 0 Å². The molecule has 0 saturated heterocycles. The summed E-state index contributed by atoms with van der Waals surface area (Å²) < 4.78 is 4.58. The van der Waals surface area contributed by atoms with Gasteiger partial charge in [0.15, 0.2) is 0 Å². The summed E-state index contributed by atoms with van der Waals surface area (Å²) in [5.41, 5.74) is 5.82. The first-order valence-electron chi connectivity index (χ1n) is 5.37. The van der Waals surface area contributed by atoms with Gasteiger partial charge in [0.25, 0.3) is 0 Å². The van der Waals surface area contributed by atoms with E-state index >= 15 is 0 Å². The van der Waals surface area contributed by atoms with Gasteiger partial charge in [0.2, 0.25) is 0 Å². The van der Waals surface area contributed by atoms with Crippen LogP contribution in [-0.4, -0.2) is 44.7 Å². The molecule has 4 nitrogen and oxygen atoms in total. The first-order chi connectivity index (χ1) is 6.91. The lowest BCUT2D eigenvalue weighted by atomic mass is 9.89. The predicted octanol–water partition coefficient (Wildman–Crippen LogP) is 0.856. The Labute approximate surface area is 92.8 Å². The van der Waals surface area contributed by atoms with E-state index in [1.165, 1.54) is 7.11 Å². The van der Waals surface area contributed by atoms with Crippen molar-refractivity contribution in [3.8, 4) is 0 Å². The molecule has 0 aromatic heterocycles. The van der Waals surface area contributed by atoms with Gasteiger partial charge in [-0.15, -0.1) is 0 Å². The lowest BCUT2D eigenvalue weighted by Crippen LogP contribution is -2.31. The van der Waals surface area contributed by atoms with Crippen LogP contribution in [-0.2, 0) is 9.53 Å². The molecule has 0 amide bonds. The minimum absolute atomic E-state index is 0.153. The largest absolute Gasteiger partial charge is 0.469 e. The van der Waals surface area contributed by atoms with Crippen molar-refractivity contribution in [2.75, 3.05) is 33.8 Å². The van der Waals surface area contributed by atoms with Gasteiger partial charge in [-0.1, -0.05) is 13.8 Å². The van der Waals surface area contributed by atoms with E-state index in [0.29, 0.717) is 13.0 Å². The lowest BCUT2D eigenvalue weighted by molar-refractivity contribution is -0.140. The minimum Gasteiger partial charge on any atom is -0.469 e. The maximum Gasteiger partial charge on any atom is 0.306 e. The van der Waals surface area contributed by atoms with Crippen molar-refractivity contribution >= 4 is 5.97 Å². The second-order valence-corrected chi connectivity index (χ2v) is 4.75. The van der Waals surface area contributed by atoms with Crippen molar-refractivity contribution in [1.82, 2.24) is 4.90 Å². The Hall–Kier alpha value is -0.610. The standard InChI is InChI=1S/C11H24N2O2/c1-11(2,9-12)6-8-13(3)7-5-10(14)15-4/h5-9,12H2,1-4H3. The molecule has 0 bridgehead atoms. The molecule has 0 unspecified atom stereocenters. The van der Waals surface area contributed by atoms with E-state index in [0.717, 1.165) is 19.5 Å². The highest BCUT2D eigenvalue weighted by molar-refractivity contribution is 5.69. The number of hydrogen-bond acceptors (Lipinski definition) is 4. The van der Waals surface area contributed by atoms with Crippen molar-refractivity contribution < 1.29 is 9.53 Å². The maximum absolute atomic E-state index is 10.9. The Balaban J connectivity index is 3.66. The first-order valence-corrected chi connectivity index (χ1v) is 5.37. The molecule has 4 heteroatoms. The topological polar surface area (TPSA) is 55.6 Å². The Bertz CT molecular complexity index is 193.